The molecular weight excluding hydrogens is 464 g/mol. The molecule has 188 valence electrons. The second-order valence-electron chi connectivity index (χ2n) is 9.13. The highest BCUT2D eigenvalue weighted by Gasteiger charge is 2.16. The van der Waals surface area contributed by atoms with E-state index in [-0.39, 0.29) is 5.56 Å². The number of fused-ring (bicyclic) bond motifs is 1. The van der Waals surface area contributed by atoms with Crippen molar-refractivity contribution < 1.29 is 9.90 Å². The summed E-state index contributed by atoms with van der Waals surface area (Å²) in [6.07, 6.45) is 3.66. The smallest absolute Gasteiger partial charge is 0.336 e. The molecule has 4 rings (SSSR count). The maximum absolute atomic E-state index is 11.7. The van der Waals surface area contributed by atoms with Crippen LogP contribution in [0.2, 0.25) is 0 Å². The van der Waals surface area contributed by atoms with Gasteiger partial charge < -0.3 is 19.9 Å². The molecule has 0 saturated carbocycles. The lowest BCUT2D eigenvalue weighted by Gasteiger charge is -2.17. The van der Waals surface area contributed by atoms with Crippen LogP contribution in [0.4, 0.5) is 5.69 Å². The number of hydrogen-bond acceptors (Lipinski definition) is 4. The summed E-state index contributed by atoms with van der Waals surface area (Å²) in [6, 6.07) is 19.1. The molecule has 0 atom stereocenters. The minimum absolute atomic E-state index is 0.286. The van der Waals surface area contributed by atoms with Crippen LogP contribution in [-0.4, -0.2) is 45.6 Å². The van der Waals surface area contributed by atoms with Gasteiger partial charge in [-0.25, -0.2) is 9.78 Å². The molecule has 0 saturated heterocycles. The highest BCUT2D eigenvalue weighted by molar-refractivity contribution is 5.97. The summed E-state index contributed by atoms with van der Waals surface area (Å²) in [5, 5.41) is 21.8. The molecule has 1 aromatic heterocycles. The van der Waals surface area contributed by atoms with Gasteiger partial charge in [0.25, 0.3) is 0 Å². The molecule has 0 aliphatic heterocycles. The number of nitriles is 1. The van der Waals surface area contributed by atoms with E-state index in [2.05, 4.69) is 21.8 Å². The van der Waals surface area contributed by atoms with E-state index in [1.165, 1.54) is 0 Å². The number of rotatable bonds is 7. The average Bonchev–Trinajstić information content (AvgIpc) is 3.22. The number of nitrogens with zero attached hydrogens (tertiary/aromatic N) is 5. The van der Waals surface area contributed by atoms with Crippen LogP contribution in [0.25, 0.3) is 22.2 Å². The van der Waals surface area contributed by atoms with Gasteiger partial charge in [0.05, 0.1) is 16.6 Å². The van der Waals surface area contributed by atoms with E-state index in [0.717, 1.165) is 52.1 Å². The number of aromatic nitrogens is 2. The summed E-state index contributed by atoms with van der Waals surface area (Å²) in [5.74, 6) is 0.528. The molecule has 37 heavy (non-hydrogen) atoms. The van der Waals surface area contributed by atoms with Crippen LogP contribution in [0.3, 0.4) is 0 Å². The first-order valence-corrected chi connectivity index (χ1v) is 12.1. The number of anilines is 1. The SMILES string of the molecule is CCCc1nc2c(C)cc(N/C(=N\C#N)N(C)C)cc2n1Cc1ccc(-c2ccccc2C(=O)O)cc1. The van der Waals surface area contributed by atoms with Gasteiger partial charge in [0, 0.05) is 32.7 Å². The maximum atomic E-state index is 11.7. The van der Waals surface area contributed by atoms with Gasteiger partial charge in [-0.1, -0.05) is 49.4 Å². The van der Waals surface area contributed by atoms with Gasteiger partial charge in [-0.2, -0.15) is 5.26 Å². The molecule has 0 radical (unpaired) electrons. The van der Waals surface area contributed by atoms with Gasteiger partial charge in [0.2, 0.25) is 12.2 Å². The summed E-state index contributed by atoms with van der Waals surface area (Å²) in [5.41, 5.74) is 6.75. The fourth-order valence-corrected chi connectivity index (χ4v) is 4.41. The average molecular weight is 495 g/mol. The summed E-state index contributed by atoms with van der Waals surface area (Å²) in [7, 11) is 3.66. The second-order valence-corrected chi connectivity index (χ2v) is 9.13. The molecule has 0 aliphatic carbocycles. The van der Waals surface area contributed by atoms with Crippen LogP contribution in [0.5, 0.6) is 0 Å². The highest BCUT2D eigenvalue weighted by atomic mass is 16.4. The molecule has 0 aliphatic rings. The molecule has 4 aromatic rings. The molecule has 8 heteroatoms. The quantitative estimate of drug-likeness (QED) is 0.199. The summed E-state index contributed by atoms with van der Waals surface area (Å²) < 4.78 is 2.23. The number of carboxylic acid groups (broad SMARTS) is 1. The van der Waals surface area contributed by atoms with Crippen molar-refractivity contribution in [3.05, 3.63) is 83.2 Å². The van der Waals surface area contributed by atoms with E-state index in [4.69, 9.17) is 10.2 Å². The minimum Gasteiger partial charge on any atom is -0.478 e. The fraction of sp³-hybridized carbons (Fsp3) is 0.241. The number of aliphatic imine (C=N–C) groups is 1. The van der Waals surface area contributed by atoms with Crippen molar-refractivity contribution in [3.63, 3.8) is 0 Å². The molecule has 0 unspecified atom stereocenters. The third kappa shape index (κ3) is 5.46. The van der Waals surface area contributed by atoms with Crippen LogP contribution in [0.1, 0.15) is 40.7 Å². The van der Waals surface area contributed by atoms with Crippen LogP contribution in [-0.2, 0) is 13.0 Å². The Morgan fingerprint density at radius 3 is 2.54 bits per heavy atom. The normalized spacial score (nSPS) is 11.4. The number of hydrogen-bond donors (Lipinski definition) is 2. The third-order valence-corrected chi connectivity index (χ3v) is 6.20. The number of carboxylic acids is 1. The summed E-state index contributed by atoms with van der Waals surface area (Å²) >= 11 is 0. The number of guanidine groups is 1. The Kier molecular flexibility index (Phi) is 7.54. The Balaban J connectivity index is 1.72. The summed E-state index contributed by atoms with van der Waals surface area (Å²) in [6.45, 7) is 4.80. The lowest BCUT2D eigenvalue weighted by Crippen LogP contribution is -2.29. The topological polar surface area (TPSA) is 107 Å². The Bertz CT molecular complexity index is 1510. The van der Waals surface area contributed by atoms with E-state index in [1.54, 1.807) is 17.0 Å². The van der Waals surface area contributed by atoms with E-state index >= 15 is 0 Å². The molecule has 0 spiro atoms. The Labute approximate surface area is 216 Å². The molecule has 3 aromatic carbocycles. The van der Waals surface area contributed by atoms with Gasteiger partial charge >= 0.3 is 5.97 Å². The van der Waals surface area contributed by atoms with Crippen molar-refractivity contribution in [2.24, 2.45) is 4.99 Å². The van der Waals surface area contributed by atoms with Crippen molar-refractivity contribution in [2.75, 3.05) is 19.4 Å². The number of carbonyl (C=O) groups is 1. The van der Waals surface area contributed by atoms with Crippen LogP contribution >= 0.6 is 0 Å². The van der Waals surface area contributed by atoms with Gasteiger partial charge in [0.1, 0.15) is 5.82 Å². The predicted octanol–water partition coefficient (Wildman–Crippen LogP) is 5.52. The van der Waals surface area contributed by atoms with Crippen LogP contribution in [0, 0.1) is 18.4 Å². The maximum Gasteiger partial charge on any atom is 0.336 e. The Morgan fingerprint density at radius 2 is 1.89 bits per heavy atom. The Morgan fingerprint density at radius 1 is 1.16 bits per heavy atom. The van der Waals surface area contributed by atoms with Gasteiger partial charge in [-0.3, -0.25) is 0 Å². The van der Waals surface area contributed by atoms with Crippen molar-refractivity contribution in [1.29, 1.82) is 5.26 Å². The molecule has 0 amide bonds. The first-order valence-electron chi connectivity index (χ1n) is 12.1. The van der Waals surface area contributed by atoms with Crippen molar-refractivity contribution in [3.8, 4) is 17.3 Å². The highest BCUT2D eigenvalue weighted by Crippen LogP contribution is 2.28. The minimum atomic E-state index is -0.939. The van der Waals surface area contributed by atoms with Gasteiger partial charge in [-0.15, -0.1) is 4.99 Å². The zero-order valence-electron chi connectivity index (χ0n) is 21.5. The van der Waals surface area contributed by atoms with E-state index < -0.39 is 5.97 Å². The molecule has 0 fully saturated rings. The third-order valence-electron chi connectivity index (χ3n) is 6.20. The van der Waals surface area contributed by atoms with Crippen molar-refractivity contribution >= 4 is 28.6 Å². The largest absolute Gasteiger partial charge is 0.478 e. The first kappa shape index (κ1) is 25.5. The van der Waals surface area contributed by atoms with Gasteiger partial charge in [-0.05, 0) is 53.8 Å². The predicted molar refractivity (Wildman–Crippen MR) is 147 cm³/mol. The molecule has 1 heterocycles. The number of nitrogens with one attached hydrogen (secondary N) is 1. The van der Waals surface area contributed by atoms with Crippen molar-refractivity contribution in [2.45, 2.75) is 33.2 Å². The number of imidazole rings is 1. The van der Waals surface area contributed by atoms with Gasteiger partial charge in [0.15, 0.2) is 0 Å². The number of aromatic carboxylic acids is 1. The van der Waals surface area contributed by atoms with Crippen LogP contribution < -0.4 is 5.32 Å². The summed E-state index contributed by atoms with van der Waals surface area (Å²) in [4.78, 5) is 22.3. The fourth-order valence-electron chi connectivity index (χ4n) is 4.41. The molecular formula is C29H30N6O2. The Hall–Kier alpha value is -4.64. The molecule has 8 nitrogen and oxygen atoms in total. The standard InChI is InChI=1S/C29H30N6O2/c1-5-8-26-33-27-19(2)15-22(32-29(31-18-30)34(3)4)16-25(27)35(26)17-20-11-13-21(14-12-20)23-9-6-7-10-24(23)28(36)37/h6-7,9-16H,5,8,17H2,1-4H3,(H,31,32)(H,36,37). The number of benzene rings is 3. The second kappa shape index (κ2) is 11.0. The zero-order valence-corrected chi connectivity index (χ0v) is 21.5. The van der Waals surface area contributed by atoms with Crippen LogP contribution in [0.15, 0.2) is 65.7 Å². The van der Waals surface area contributed by atoms with Crippen molar-refractivity contribution in [1.82, 2.24) is 14.5 Å². The lowest BCUT2D eigenvalue weighted by atomic mass is 9.99. The number of aryl methyl sites for hydroxylation is 2. The molecule has 0 bridgehead atoms. The zero-order chi connectivity index (χ0) is 26.5. The monoisotopic (exact) mass is 494 g/mol. The van der Waals surface area contributed by atoms with E-state index in [9.17, 15) is 9.90 Å². The lowest BCUT2D eigenvalue weighted by molar-refractivity contribution is 0.0697. The molecule has 2 N–H and O–H groups in total. The first-order chi connectivity index (χ1) is 17.8. The van der Waals surface area contributed by atoms with E-state index in [0.29, 0.717) is 18.1 Å². The van der Waals surface area contributed by atoms with E-state index in [1.807, 2.05) is 75.7 Å².